The number of rotatable bonds is 2. The third-order valence-corrected chi connectivity index (χ3v) is 3.72. The Labute approximate surface area is 108 Å². The van der Waals surface area contributed by atoms with Crippen LogP contribution in [0.5, 0.6) is 0 Å². The summed E-state index contributed by atoms with van der Waals surface area (Å²) in [5.41, 5.74) is 6.25. The Balaban J connectivity index is 2.47. The lowest BCUT2D eigenvalue weighted by Crippen LogP contribution is -2.54. The predicted octanol–water partition coefficient (Wildman–Crippen LogP) is 3.32. The molecule has 1 saturated carbocycles. The van der Waals surface area contributed by atoms with Crippen molar-refractivity contribution in [3.05, 3.63) is 27.5 Å². The van der Waals surface area contributed by atoms with Crippen molar-refractivity contribution in [1.82, 2.24) is 4.98 Å². The number of aryl methyl sites for hydroxylation is 1. The van der Waals surface area contributed by atoms with E-state index in [0.717, 1.165) is 5.56 Å². The van der Waals surface area contributed by atoms with Crippen molar-refractivity contribution >= 4 is 23.2 Å². The number of alkyl halides is 2. The van der Waals surface area contributed by atoms with Crippen molar-refractivity contribution in [2.75, 3.05) is 6.54 Å². The Morgan fingerprint density at radius 3 is 2.41 bits per heavy atom. The lowest BCUT2D eigenvalue weighted by atomic mass is 9.61. The average molecular weight is 281 g/mol. The smallest absolute Gasteiger partial charge is 0.250 e. The first-order valence-corrected chi connectivity index (χ1v) is 5.96. The van der Waals surface area contributed by atoms with Gasteiger partial charge in [-0.1, -0.05) is 23.2 Å². The number of aromatic nitrogens is 1. The van der Waals surface area contributed by atoms with Gasteiger partial charge in [-0.2, -0.15) is 0 Å². The Bertz CT molecular complexity index is 432. The number of nitrogens with zero attached hydrogens (tertiary/aromatic N) is 1. The maximum absolute atomic E-state index is 13.1. The molecule has 94 valence electrons. The minimum atomic E-state index is -2.66. The zero-order valence-electron chi connectivity index (χ0n) is 9.24. The third-order valence-electron chi connectivity index (χ3n) is 3.26. The molecular weight excluding hydrogens is 269 g/mol. The van der Waals surface area contributed by atoms with Gasteiger partial charge in [-0.05, 0) is 18.6 Å². The molecule has 1 fully saturated rings. The fourth-order valence-electron chi connectivity index (χ4n) is 2.59. The number of hydrogen-bond donors (Lipinski definition) is 1. The molecular formula is C11H12Cl2F2N2. The van der Waals surface area contributed by atoms with Crippen LogP contribution in [0, 0.1) is 6.92 Å². The van der Waals surface area contributed by atoms with Crippen LogP contribution in [0.15, 0.2) is 6.07 Å². The molecule has 17 heavy (non-hydrogen) atoms. The molecule has 1 aliphatic carbocycles. The van der Waals surface area contributed by atoms with Crippen LogP contribution in [0.4, 0.5) is 8.78 Å². The second-order valence-corrected chi connectivity index (χ2v) is 5.37. The lowest BCUT2D eigenvalue weighted by Gasteiger charge is -2.47. The molecule has 1 aromatic heterocycles. The summed E-state index contributed by atoms with van der Waals surface area (Å²) in [5.74, 6) is -2.66. The number of halogens is 4. The van der Waals surface area contributed by atoms with Crippen molar-refractivity contribution in [2.45, 2.75) is 31.1 Å². The minimum Gasteiger partial charge on any atom is -0.330 e. The molecule has 2 N–H and O–H groups in total. The van der Waals surface area contributed by atoms with Gasteiger partial charge in [-0.15, -0.1) is 0 Å². The summed E-state index contributed by atoms with van der Waals surface area (Å²) in [5, 5.41) is 0.436. The summed E-state index contributed by atoms with van der Waals surface area (Å²) < 4.78 is 26.2. The van der Waals surface area contributed by atoms with Crippen molar-refractivity contribution in [2.24, 2.45) is 5.73 Å². The standard InChI is InChI=1S/C11H12Cl2F2N2/c1-6-2-7(12)17-9(13)8(6)10(5-16)3-11(14,15)4-10/h2H,3-5,16H2,1H3. The van der Waals surface area contributed by atoms with Gasteiger partial charge in [0.1, 0.15) is 10.3 Å². The molecule has 0 aromatic carbocycles. The molecule has 0 aliphatic heterocycles. The largest absolute Gasteiger partial charge is 0.330 e. The second-order valence-electron chi connectivity index (χ2n) is 4.62. The highest BCUT2D eigenvalue weighted by Crippen LogP contribution is 2.54. The van der Waals surface area contributed by atoms with Crippen molar-refractivity contribution < 1.29 is 8.78 Å². The predicted molar refractivity (Wildman–Crippen MR) is 63.9 cm³/mol. The van der Waals surface area contributed by atoms with Crippen molar-refractivity contribution in [1.29, 1.82) is 0 Å². The highest BCUT2D eigenvalue weighted by atomic mass is 35.5. The van der Waals surface area contributed by atoms with E-state index in [0.29, 0.717) is 5.56 Å². The lowest BCUT2D eigenvalue weighted by molar-refractivity contribution is -0.124. The molecule has 1 aliphatic rings. The van der Waals surface area contributed by atoms with Crippen LogP contribution in [0.2, 0.25) is 10.3 Å². The van der Waals surface area contributed by atoms with Crippen LogP contribution in [0.1, 0.15) is 24.0 Å². The highest BCUT2D eigenvalue weighted by Gasteiger charge is 2.57. The Morgan fingerprint density at radius 2 is 2.00 bits per heavy atom. The van der Waals surface area contributed by atoms with E-state index in [2.05, 4.69) is 4.98 Å². The Hall–Kier alpha value is -0.450. The molecule has 0 radical (unpaired) electrons. The molecule has 1 heterocycles. The van der Waals surface area contributed by atoms with Crippen LogP contribution in [0.3, 0.4) is 0 Å². The van der Waals surface area contributed by atoms with Gasteiger partial charge >= 0.3 is 0 Å². The van der Waals surface area contributed by atoms with E-state index in [1.165, 1.54) is 0 Å². The average Bonchev–Trinajstić information content (AvgIpc) is 2.12. The summed E-state index contributed by atoms with van der Waals surface area (Å²) in [4.78, 5) is 3.91. The van der Waals surface area contributed by atoms with Crippen LogP contribution >= 0.6 is 23.2 Å². The molecule has 2 rings (SSSR count). The molecule has 0 bridgehead atoms. The normalized spacial score (nSPS) is 21.1. The van der Waals surface area contributed by atoms with E-state index >= 15 is 0 Å². The quantitative estimate of drug-likeness (QED) is 0.844. The molecule has 6 heteroatoms. The minimum absolute atomic E-state index is 0.131. The Kier molecular flexibility index (Phi) is 3.09. The second kappa shape index (κ2) is 4.04. The fourth-order valence-corrected chi connectivity index (χ4v) is 3.33. The molecule has 0 saturated heterocycles. The van der Waals surface area contributed by atoms with E-state index in [1.54, 1.807) is 13.0 Å². The van der Waals surface area contributed by atoms with E-state index in [-0.39, 0.29) is 29.7 Å². The van der Waals surface area contributed by atoms with Crippen LogP contribution < -0.4 is 5.73 Å². The molecule has 0 amide bonds. The summed E-state index contributed by atoms with van der Waals surface area (Å²) >= 11 is 11.8. The van der Waals surface area contributed by atoms with Crippen LogP contribution in [-0.4, -0.2) is 17.5 Å². The third kappa shape index (κ3) is 2.14. The first kappa shape index (κ1) is 13.0. The number of nitrogens with two attached hydrogens (primary N) is 1. The van der Waals surface area contributed by atoms with Crippen molar-refractivity contribution in [3.63, 3.8) is 0 Å². The topological polar surface area (TPSA) is 38.9 Å². The van der Waals surface area contributed by atoms with Gasteiger partial charge < -0.3 is 5.73 Å². The van der Waals surface area contributed by atoms with Gasteiger partial charge in [0, 0.05) is 30.4 Å². The Morgan fingerprint density at radius 1 is 1.41 bits per heavy atom. The summed E-state index contributed by atoms with van der Waals surface area (Å²) in [7, 11) is 0. The number of pyridine rings is 1. The summed E-state index contributed by atoms with van der Waals surface area (Å²) in [6, 6.07) is 1.62. The molecule has 2 nitrogen and oxygen atoms in total. The zero-order valence-corrected chi connectivity index (χ0v) is 10.7. The van der Waals surface area contributed by atoms with Gasteiger partial charge in [0.15, 0.2) is 0 Å². The first-order valence-electron chi connectivity index (χ1n) is 5.21. The van der Waals surface area contributed by atoms with E-state index < -0.39 is 11.3 Å². The van der Waals surface area contributed by atoms with Gasteiger partial charge in [0.2, 0.25) is 5.92 Å². The van der Waals surface area contributed by atoms with Gasteiger partial charge in [0.25, 0.3) is 0 Å². The van der Waals surface area contributed by atoms with Gasteiger partial charge in [0.05, 0.1) is 0 Å². The van der Waals surface area contributed by atoms with E-state index in [4.69, 9.17) is 28.9 Å². The van der Waals surface area contributed by atoms with Gasteiger partial charge in [-0.25, -0.2) is 13.8 Å². The maximum atomic E-state index is 13.1. The molecule has 1 aromatic rings. The number of hydrogen-bond acceptors (Lipinski definition) is 2. The highest BCUT2D eigenvalue weighted by molar-refractivity contribution is 6.33. The molecule has 0 unspecified atom stereocenters. The van der Waals surface area contributed by atoms with Crippen LogP contribution in [-0.2, 0) is 5.41 Å². The maximum Gasteiger partial charge on any atom is 0.250 e. The van der Waals surface area contributed by atoms with E-state index in [9.17, 15) is 8.78 Å². The zero-order chi connectivity index (χ0) is 12.8. The molecule has 0 spiro atoms. The first-order chi connectivity index (χ1) is 7.80. The summed E-state index contributed by atoms with van der Waals surface area (Å²) in [6.45, 7) is 1.91. The van der Waals surface area contributed by atoms with Gasteiger partial charge in [-0.3, -0.25) is 0 Å². The van der Waals surface area contributed by atoms with E-state index in [1.807, 2.05) is 0 Å². The monoisotopic (exact) mass is 280 g/mol. The molecule has 0 atom stereocenters. The SMILES string of the molecule is Cc1cc(Cl)nc(Cl)c1C1(CN)CC(F)(F)C1. The summed E-state index contributed by atoms with van der Waals surface area (Å²) in [6.07, 6.45) is -0.555. The van der Waals surface area contributed by atoms with Crippen LogP contribution in [0.25, 0.3) is 0 Å². The fraction of sp³-hybridized carbons (Fsp3) is 0.545. The van der Waals surface area contributed by atoms with Crippen molar-refractivity contribution in [3.8, 4) is 0 Å².